The van der Waals surface area contributed by atoms with Gasteiger partial charge in [0, 0.05) is 24.5 Å². The molecule has 2 rings (SSSR count). The number of guanidine groups is 1. The van der Waals surface area contributed by atoms with Gasteiger partial charge in [0.2, 0.25) is 5.96 Å². The van der Waals surface area contributed by atoms with Crippen molar-refractivity contribution in [3.8, 4) is 0 Å². The summed E-state index contributed by atoms with van der Waals surface area (Å²) in [7, 11) is 0. The standard InChI is InChI=1S/C9H11N5O/c15-8(7-1-3-10-4-2-7)13-14-9-11-5-6-12-9/h1-4H,5-6H2,(H,13,15)(H2,11,12,14). The lowest BCUT2D eigenvalue weighted by Gasteiger charge is -2.07. The first-order valence-electron chi connectivity index (χ1n) is 4.61. The summed E-state index contributed by atoms with van der Waals surface area (Å²) in [6, 6.07) is 3.28. The minimum atomic E-state index is -0.214. The highest BCUT2D eigenvalue weighted by atomic mass is 16.2. The molecule has 6 heteroatoms. The van der Waals surface area contributed by atoms with Gasteiger partial charge >= 0.3 is 0 Å². The zero-order valence-corrected chi connectivity index (χ0v) is 8.03. The minimum absolute atomic E-state index is 0.214. The highest BCUT2D eigenvalue weighted by Gasteiger charge is 2.07. The van der Waals surface area contributed by atoms with Crippen molar-refractivity contribution in [2.24, 2.45) is 4.99 Å². The molecular formula is C9H11N5O. The molecule has 78 valence electrons. The van der Waals surface area contributed by atoms with Crippen LogP contribution >= 0.6 is 0 Å². The number of nitrogens with zero attached hydrogens (tertiary/aromatic N) is 2. The summed E-state index contributed by atoms with van der Waals surface area (Å²) in [4.78, 5) is 19.4. The number of hydrogen-bond donors (Lipinski definition) is 3. The molecule has 2 heterocycles. The van der Waals surface area contributed by atoms with E-state index in [0.717, 1.165) is 13.1 Å². The van der Waals surface area contributed by atoms with Crippen LogP contribution in [0.15, 0.2) is 29.5 Å². The van der Waals surface area contributed by atoms with Gasteiger partial charge in [-0.1, -0.05) is 0 Å². The van der Waals surface area contributed by atoms with Crippen LogP contribution in [0.5, 0.6) is 0 Å². The van der Waals surface area contributed by atoms with Crippen molar-refractivity contribution in [1.29, 1.82) is 0 Å². The Hall–Kier alpha value is -2.11. The van der Waals surface area contributed by atoms with Gasteiger partial charge in [0.25, 0.3) is 5.91 Å². The number of hydrazine groups is 1. The fourth-order valence-electron chi connectivity index (χ4n) is 1.17. The second-order valence-corrected chi connectivity index (χ2v) is 2.97. The van der Waals surface area contributed by atoms with Crippen molar-refractivity contribution in [1.82, 2.24) is 21.2 Å². The van der Waals surface area contributed by atoms with Crippen LogP contribution in [0.3, 0.4) is 0 Å². The fraction of sp³-hybridized carbons (Fsp3) is 0.222. The monoisotopic (exact) mass is 205 g/mol. The molecule has 15 heavy (non-hydrogen) atoms. The molecule has 0 aliphatic carbocycles. The van der Waals surface area contributed by atoms with Gasteiger partial charge in [0.15, 0.2) is 0 Å². The molecule has 0 saturated heterocycles. The Morgan fingerprint density at radius 2 is 2.20 bits per heavy atom. The summed E-state index contributed by atoms with van der Waals surface area (Å²) in [5, 5.41) is 2.98. The van der Waals surface area contributed by atoms with Gasteiger partial charge in [-0.3, -0.25) is 25.6 Å². The predicted molar refractivity (Wildman–Crippen MR) is 55.1 cm³/mol. The molecule has 0 radical (unpaired) electrons. The average Bonchev–Trinajstić information content (AvgIpc) is 2.80. The van der Waals surface area contributed by atoms with Crippen LogP contribution in [0.25, 0.3) is 0 Å². The maximum atomic E-state index is 11.5. The molecular weight excluding hydrogens is 194 g/mol. The van der Waals surface area contributed by atoms with Crippen LogP contribution in [0.4, 0.5) is 0 Å². The quantitative estimate of drug-likeness (QED) is 0.528. The van der Waals surface area contributed by atoms with E-state index in [1.165, 1.54) is 0 Å². The van der Waals surface area contributed by atoms with Gasteiger partial charge in [0.05, 0.1) is 6.54 Å². The van der Waals surface area contributed by atoms with Crippen LogP contribution < -0.4 is 16.2 Å². The molecule has 0 unspecified atom stereocenters. The van der Waals surface area contributed by atoms with E-state index in [0.29, 0.717) is 11.5 Å². The van der Waals surface area contributed by atoms with Crippen molar-refractivity contribution in [3.05, 3.63) is 30.1 Å². The molecule has 1 aliphatic heterocycles. The summed E-state index contributed by atoms with van der Waals surface area (Å²) in [6.45, 7) is 1.53. The van der Waals surface area contributed by atoms with Crippen molar-refractivity contribution < 1.29 is 4.79 Å². The molecule has 1 aliphatic rings. The molecule has 0 atom stereocenters. The molecule has 1 amide bonds. The molecule has 0 aromatic carbocycles. The molecule has 1 aromatic heterocycles. The number of amides is 1. The van der Waals surface area contributed by atoms with E-state index >= 15 is 0 Å². The summed E-state index contributed by atoms with van der Waals surface area (Å²) in [5.74, 6) is 0.381. The van der Waals surface area contributed by atoms with Gasteiger partial charge in [-0.15, -0.1) is 0 Å². The third kappa shape index (κ3) is 2.43. The molecule has 0 spiro atoms. The van der Waals surface area contributed by atoms with Crippen LogP contribution in [0.1, 0.15) is 10.4 Å². The van der Waals surface area contributed by atoms with Crippen molar-refractivity contribution in [3.63, 3.8) is 0 Å². The van der Waals surface area contributed by atoms with E-state index in [1.807, 2.05) is 0 Å². The lowest BCUT2D eigenvalue weighted by atomic mass is 10.3. The van der Waals surface area contributed by atoms with Crippen molar-refractivity contribution in [2.45, 2.75) is 0 Å². The van der Waals surface area contributed by atoms with Crippen LogP contribution in [0.2, 0.25) is 0 Å². The molecule has 0 saturated carbocycles. The lowest BCUT2D eigenvalue weighted by Crippen LogP contribution is -2.46. The average molecular weight is 205 g/mol. The highest BCUT2D eigenvalue weighted by Crippen LogP contribution is 1.94. The minimum Gasteiger partial charge on any atom is -0.353 e. The Balaban J connectivity index is 1.87. The van der Waals surface area contributed by atoms with Crippen LogP contribution in [0, 0.1) is 0 Å². The highest BCUT2D eigenvalue weighted by molar-refractivity contribution is 5.95. The number of carbonyl (C=O) groups excluding carboxylic acids is 1. The third-order valence-electron chi connectivity index (χ3n) is 1.91. The summed E-state index contributed by atoms with van der Waals surface area (Å²) in [5.41, 5.74) is 5.78. The van der Waals surface area contributed by atoms with Crippen molar-refractivity contribution >= 4 is 11.9 Å². The van der Waals surface area contributed by atoms with E-state index in [1.54, 1.807) is 24.5 Å². The Labute approximate surface area is 86.8 Å². The Morgan fingerprint density at radius 1 is 1.40 bits per heavy atom. The molecule has 3 N–H and O–H groups in total. The van der Waals surface area contributed by atoms with E-state index in [9.17, 15) is 4.79 Å². The summed E-state index contributed by atoms with van der Waals surface area (Å²) >= 11 is 0. The maximum Gasteiger partial charge on any atom is 0.269 e. The van der Waals surface area contributed by atoms with Gasteiger partial charge in [-0.2, -0.15) is 0 Å². The number of aromatic nitrogens is 1. The second-order valence-electron chi connectivity index (χ2n) is 2.97. The first-order chi connectivity index (χ1) is 7.36. The summed E-state index contributed by atoms with van der Waals surface area (Å²) < 4.78 is 0. The van der Waals surface area contributed by atoms with E-state index in [2.05, 4.69) is 26.1 Å². The molecule has 1 aromatic rings. The number of nitrogens with one attached hydrogen (secondary N) is 3. The van der Waals surface area contributed by atoms with Crippen LogP contribution in [-0.4, -0.2) is 29.9 Å². The largest absolute Gasteiger partial charge is 0.353 e. The lowest BCUT2D eigenvalue weighted by molar-refractivity contribution is 0.0943. The summed E-state index contributed by atoms with van der Waals surface area (Å²) in [6.07, 6.45) is 3.14. The third-order valence-corrected chi connectivity index (χ3v) is 1.91. The molecule has 0 fully saturated rings. The Morgan fingerprint density at radius 3 is 2.87 bits per heavy atom. The first-order valence-corrected chi connectivity index (χ1v) is 4.61. The number of hydrogen-bond acceptors (Lipinski definition) is 5. The maximum absolute atomic E-state index is 11.5. The van der Waals surface area contributed by atoms with Gasteiger partial charge < -0.3 is 5.32 Å². The van der Waals surface area contributed by atoms with Gasteiger partial charge in [-0.25, -0.2) is 0 Å². The smallest absolute Gasteiger partial charge is 0.269 e. The Bertz CT molecular complexity index is 375. The van der Waals surface area contributed by atoms with E-state index < -0.39 is 0 Å². The van der Waals surface area contributed by atoms with Crippen LogP contribution in [-0.2, 0) is 0 Å². The SMILES string of the molecule is O=C(NNC1=NCCN1)c1ccncc1. The number of rotatable bonds is 1. The number of aliphatic imine (C=N–C) groups is 1. The first kappa shape index (κ1) is 9.45. The normalized spacial score (nSPS) is 14.0. The van der Waals surface area contributed by atoms with Crippen molar-refractivity contribution in [2.75, 3.05) is 13.1 Å². The van der Waals surface area contributed by atoms with E-state index in [-0.39, 0.29) is 5.91 Å². The topological polar surface area (TPSA) is 78.4 Å². The Kier molecular flexibility index (Phi) is 2.77. The molecule has 0 bridgehead atoms. The zero-order chi connectivity index (χ0) is 10.5. The second kappa shape index (κ2) is 4.41. The predicted octanol–water partition coefficient (Wildman–Crippen LogP) is -0.725. The van der Waals surface area contributed by atoms with Gasteiger partial charge in [0.1, 0.15) is 0 Å². The van der Waals surface area contributed by atoms with E-state index in [4.69, 9.17) is 0 Å². The fourth-order valence-corrected chi connectivity index (χ4v) is 1.17. The zero-order valence-electron chi connectivity index (χ0n) is 8.03. The molecule has 6 nitrogen and oxygen atoms in total. The van der Waals surface area contributed by atoms with Gasteiger partial charge in [-0.05, 0) is 12.1 Å². The number of carbonyl (C=O) groups is 1. The number of pyridine rings is 1.